The molecule has 4 aromatic rings. The summed E-state index contributed by atoms with van der Waals surface area (Å²) in [4.78, 5) is 38.5. The van der Waals surface area contributed by atoms with Gasteiger partial charge in [0, 0.05) is 21.4 Å². The fourth-order valence-corrected chi connectivity index (χ4v) is 4.07. The second kappa shape index (κ2) is 8.71. The minimum Gasteiger partial charge on any atom is -0.461 e. The van der Waals surface area contributed by atoms with Crippen LogP contribution in [0.25, 0.3) is 16.5 Å². The number of hydrogen-bond donors (Lipinski definition) is 1. The predicted molar refractivity (Wildman–Crippen MR) is 121 cm³/mol. The van der Waals surface area contributed by atoms with Crippen LogP contribution in [-0.2, 0) is 4.74 Å². The molecule has 1 N–H and O–H groups in total. The maximum absolute atomic E-state index is 13.3. The lowest BCUT2D eigenvalue weighted by atomic mass is 10.2. The third kappa shape index (κ3) is 4.08. The van der Waals surface area contributed by atoms with E-state index >= 15 is 0 Å². The van der Waals surface area contributed by atoms with E-state index in [-0.39, 0.29) is 23.6 Å². The van der Waals surface area contributed by atoms with Crippen molar-refractivity contribution in [3.63, 3.8) is 0 Å². The van der Waals surface area contributed by atoms with Gasteiger partial charge in [-0.3, -0.25) is 9.59 Å². The molecule has 0 atom stereocenters. The van der Waals surface area contributed by atoms with E-state index in [0.717, 1.165) is 16.0 Å². The van der Waals surface area contributed by atoms with Gasteiger partial charge < -0.3 is 10.1 Å². The standard InChI is InChI=1S/C22H16ClN3O4S/c1-2-30-22(29)18-16-12-31-20(24-19(27)13-6-4-3-5-7-13)17(16)21(28)26(25-18)15-10-8-14(23)9-11-15/h3-12H,2H2,1H3,(H,24,27). The van der Waals surface area contributed by atoms with Gasteiger partial charge in [0.2, 0.25) is 0 Å². The van der Waals surface area contributed by atoms with Crippen LogP contribution in [0, 0.1) is 0 Å². The Kier molecular flexibility index (Phi) is 5.83. The fourth-order valence-electron chi connectivity index (χ4n) is 3.01. The van der Waals surface area contributed by atoms with Crippen LogP contribution in [0.15, 0.2) is 64.8 Å². The number of ether oxygens (including phenoxy) is 1. The molecule has 0 aliphatic rings. The SMILES string of the molecule is CCOC(=O)c1nn(-c2ccc(Cl)cc2)c(=O)c2c(NC(=O)c3ccccc3)scc12. The Labute approximate surface area is 185 Å². The maximum atomic E-state index is 13.3. The fraction of sp³-hybridized carbons (Fsp3) is 0.0909. The van der Waals surface area contributed by atoms with Gasteiger partial charge >= 0.3 is 5.97 Å². The van der Waals surface area contributed by atoms with Crippen LogP contribution in [0.3, 0.4) is 0 Å². The van der Waals surface area contributed by atoms with Crippen LogP contribution < -0.4 is 10.9 Å². The average molecular weight is 454 g/mol. The third-order valence-electron chi connectivity index (χ3n) is 4.46. The zero-order valence-electron chi connectivity index (χ0n) is 16.3. The molecule has 0 fully saturated rings. The Morgan fingerprint density at radius 3 is 2.52 bits per heavy atom. The molecule has 31 heavy (non-hydrogen) atoms. The number of carbonyl (C=O) groups is 2. The number of thiophene rings is 1. The van der Waals surface area contributed by atoms with Gasteiger partial charge in [-0.05, 0) is 43.3 Å². The van der Waals surface area contributed by atoms with Gasteiger partial charge in [-0.2, -0.15) is 9.78 Å². The lowest BCUT2D eigenvalue weighted by Crippen LogP contribution is -2.25. The van der Waals surface area contributed by atoms with E-state index in [1.54, 1.807) is 66.9 Å². The molecule has 2 aromatic heterocycles. The monoisotopic (exact) mass is 453 g/mol. The number of hydrogen-bond acceptors (Lipinski definition) is 6. The second-order valence-corrected chi connectivity index (χ2v) is 7.75. The summed E-state index contributed by atoms with van der Waals surface area (Å²) in [6.07, 6.45) is 0. The largest absolute Gasteiger partial charge is 0.461 e. The highest BCUT2D eigenvalue weighted by Crippen LogP contribution is 2.31. The van der Waals surface area contributed by atoms with Crippen LogP contribution in [0.1, 0.15) is 27.8 Å². The van der Waals surface area contributed by atoms with Crippen molar-refractivity contribution in [3.8, 4) is 5.69 Å². The number of aromatic nitrogens is 2. The molecule has 2 aromatic carbocycles. The predicted octanol–water partition coefficient (Wildman–Crippen LogP) is 4.53. The average Bonchev–Trinajstić information content (AvgIpc) is 3.19. The first-order valence-electron chi connectivity index (χ1n) is 9.33. The van der Waals surface area contributed by atoms with Crippen LogP contribution in [0.2, 0.25) is 5.02 Å². The van der Waals surface area contributed by atoms with Gasteiger partial charge in [-0.15, -0.1) is 11.3 Å². The van der Waals surface area contributed by atoms with Crippen LogP contribution in [0.5, 0.6) is 0 Å². The summed E-state index contributed by atoms with van der Waals surface area (Å²) in [6.45, 7) is 1.84. The molecule has 9 heteroatoms. The van der Waals surface area contributed by atoms with Crippen molar-refractivity contribution >= 4 is 50.6 Å². The smallest absolute Gasteiger partial charge is 0.359 e. The minimum absolute atomic E-state index is 0.0112. The number of amides is 1. The van der Waals surface area contributed by atoms with E-state index in [2.05, 4.69) is 10.4 Å². The van der Waals surface area contributed by atoms with Gasteiger partial charge in [0.05, 0.1) is 17.7 Å². The number of nitrogens with one attached hydrogen (secondary N) is 1. The first kappa shape index (κ1) is 20.8. The number of esters is 1. The van der Waals surface area contributed by atoms with Crippen molar-refractivity contribution in [2.75, 3.05) is 11.9 Å². The van der Waals surface area contributed by atoms with Crippen molar-refractivity contribution in [2.24, 2.45) is 0 Å². The molecule has 0 saturated heterocycles. The van der Waals surface area contributed by atoms with Crippen molar-refractivity contribution in [3.05, 3.63) is 86.6 Å². The molecule has 7 nitrogen and oxygen atoms in total. The number of halogens is 1. The molecule has 0 saturated carbocycles. The normalized spacial score (nSPS) is 10.8. The van der Waals surface area contributed by atoms with E-state index in [0.29, 0.717) is 26.7 Å². The Balaban J connectivity index is 1.89. The topological polar surface area (TPSA) is 90.3 Å². The van der Waals surface area contributed by atoms with Gasteiger partial charge in [0.1, 0.15) is 5.00 Å². The highest BCUT2D eigenvalue weighted by molar-refractivity contribution is 7.16. The first-order valence-corrected chi connectivity index (χ1v) is 10.6. The van der Waals surface area contributed by atoms with Crippen molar-refractivity contribution in [1.82, 2.24) is 9.78 Å². The Morgan fingerprint density at radius 2 is 1.84 bits per heavy atom. The van der Waals surface area contributed by atoms with E-state index in [4.69, 9.17) is 16.3 Å². The van der Waals surface area contributed by atoms with Crippen molar-refractivity contribution < 1.29 is 14.3 Å². The third-order valence-corrected chi connectivity index (χ3v) is 5.60. The lowest BCUT2D eigenvalue weighted by Gasteiger charge is -2.10. The Morgan fingerprint density at radius 1 is 1.13 bits per heavy atom. The summed E-state index contributed by atoms with van der Waals surface area (Å²) in [7, 11) is 0. The van der Waals surface area contributed by atoms with Gasteiger partial charge in [0.15, 0.2) is 5.69 Å². The molecule has 0 aliphatic carbocycles. The van der Waals surface area contributed by atoms with Crippen molar-refractivity contribution in [1.29, 1.82) is 0 Å². The van der Waals surface area contributed by atoms with Gasteiger partial charge in [-0.25, -0.2) is 4.79 Å². The molecule has 156 valence electrons. The first-order chi connectivity index (χ1) is 15.0. The molecule has 0 radical (unpaired) electrons. The minimum atomic E-state index is -0.658. The number of anilines is 1. The number of fused-ring (bicyclic) bond motifs is 1. The van der Waals surface area contributed by atoms with Gasteiger partial charge in [-0.1, -0.05) is 29.8 Å². The van der Waals surface area contributed by atoms with Crippen LogP contribution in [0.4, 0.5) is 5.00 Å². The maximum Gasteiger partial charge on any atom is 0.359 e. The Bertz CT molecular complexity index is 1330. The van der Waals surface area contributed by atoms with Crippen molar-refractivity contribution in [2.45, 2.75) is 6.92 Å². The zero-order chi connectivity index (χ0) is 22.0. The van der Waals surface area contributed by atoms with E-state index in [1.165, 1.54) is 0 Å². The van der Waals surface area contributed by atoms with E-state index in [1.807, 2.05) is 0 Å². The number of rotatable bonds is 5. The molecule has 4 rings (SSSR count). The summed E-state index contributed by atoms with van der Waals surface area (Å²) in [5.74, 6) is -1.02. The highest BCUT2D eigenvalue weighted by Gasteiger charge is 2.23. The molecule has 0 spiro atoms. The van der Waals surface area contributed by atoms with Gasteiger partial charge in [0.25, 0.3) is 11.5 Å². The molecular formula is C22H16ClN3O4S. The molecule has 0 unspecified atom stereocenters. The zero-order valence-corrected chi connectivity index (χ0v) is 17.9. The summed E-state index contributed by atoms with van der Waals surface area (Å²) in [5.41, 5.74) is 0.382. The molecule has 0 aliphatic heterocycles. The molecule has 2 heterocycles. The summed E-state index contributed by atoms with van der Waals surface area (Å²) in [5, 5.41) is 9.96. The molecule has 1 amide bonds. The van der Waals surface area contributed by atoms with E-state index < -0.39 is 11.5 Å². The lowest BCUT2D eigenvalue weighted by molar-refractivity contribution is 0.0520. The Hall–Kier alpha value is -3.49. The van der Waals surface area contributed by atoms with E-state index in [9.17, 15) is 14.4 Å². The molecule has 0 bridgehead atoms. The second-order valence-electron chi connectivity index (χ2n) is 6.44. The number of benzene rings is 2. The highest BCUT2D eigenvalue weighted by atomic mass is 35.5. The summed E-state index contributed by atoms with van der Waals surface area (Å²) < 4.78 is 6.23. The summed E-state index contributed by atoms with van der Waals surface area (Å²) in [6, 6.07) is 15.1. The van der Waals surface area contributed by atoms with Crippen LogP contribution in [-0.4, -0.2) is 28.3 Å². The molecular weight excluding hydrogens is 438 g/mol. The summed E-state index contributed by atoms with van der Waals surface area (Å²) >= 11 is 7.09. The quantitative estimate of drug-likeness (QED) is 0.448. The van der Waals surface area contributed by atoms with Crippen LogP contribution >= 0.6 is 22.9 Å². The number of nitrogens with zero attached hydrogens (tertiary/aromatic N) is 2. The number of carbonyl (C=O) groups excluding carboxylic acids is 2.